The highest BCUT2D eigenvalue weighted by Gasteiger charge is 2.23. The molecule has 0 aliphatic carbocycles. The number of guanidine groups is 1. The number of anilines is 1. The maximum absolute atomic E-state index is 6.11. The standard InChI is InChI=1S/C19H27ClN6/c1-13-18(14(2)25(4)24-13)11-22-19(21-3)23-16-8-9-26(12-16)17-7-5-6-15(20)10-17/h5-7,10,16H,8-9,11-12H2,1-4H3,(H2,21,22,23). The molecule has 7 heteroatoms. The second-order valence-electron chi connectivity index (χ2n) is 6.75. The lowest BCUT2D eigenvalue weighted by atomic mass is 10.2. The molecule has 0 bridgehead atoms. The minimum absolute atomic E-state index is 0.358. The van der Waals surface area contributed by atoms with E-state index < -0.39 is 0 Å². The predicted octanol–water partition coefficient (Wildman–Crippen LogP) is 2.63. The molecular weight excluding hydrogens is 348 g/mol. The minimum Gasteiger partial charge on any atom is -0.369 e. The largest absolute Gasteiger partial charge is 0.369 e. The second kappa shape index (κ2) is 7.99. The van der Waals surface area contributed by atoms with Gasteiger partial charge in [-0.1, -0.05) is 17.7 Å². The van der Waals surface area contributed by atoms with Gasteiger partial charge in [0.15, 0.2) is 5.96 Å². The van der Waals surface area contributed by atoms with E-state index in [0.717, 1.165) is 42.7 Å². The van der Waals surface area contributed by atoms with Gasteiger partial charge in [-0.05, 0) is 38.5 Å². The fraction of sp³-hybridized carbons (Fsp3) is 0.474. The van der Waals surface area contributed by atoms with Crippen molar-refractivity contribution in [3.8, 4) is 0 Å². The maximum atomic E-state index is 6.11. The van der Waals surface area contributed by atoms with Crippen LogP contribution in [0.1, 0.15) is 23.4 Å². The Morgan fingerprint density at radius 2 is 2.19 bits per heavy atom. The molecular formula is C19H27ClN6. The monoisotopic (exact) mass is 374 g/mol. The van der Waals surface area contributed by atoms with Crippen molar-refractivity contribution in [2.45, 2.75) is 32.9 Å². The van der Waals surface area contributed by atoms with Gasteiger partial charge in [0.25, 0.3) is 0 Å². The topological polar surface area (TPSA) is 57.5 Å². The van der Waals surface area contributed by atoms with Crippen molar-refractivity contribution in [2.24, 2.45) is 12.0 Å². The van der Waals surface area contributed by atoms with Crippen LogP contribution in [-0.4, -0.2) is 41.9 Å². The molecule has 1 aliphatic heterocycles. The molecule has 2 heterocycles. The zero-order valence-electron chi connectivity index (χ0n) is 15.9. The summed E-state index contributed by atoms with van der Waals surface area (Å²) in [6.07, 6.45) is 1.07. The van der Waals surface area contributed by atoms with Crippen molar-refractivity contribution in [1.82, 2.24) is 20.4 Å². The molecule has 0 spiro atoms. The van der Waals surface area contributed by atoms with E-state index >= 15 is 0 Å². The summed E-state index contributed by atoms with van der Waals surface area (Å²) in [6.45, 7) is 6.80. The Kier molecular flexibility index (Phi) is 5.71. The quantitative estimate of drug-likeness (QED) is 0.638. The van der Waals surface area contributed by atoms with Crippen LogP contribution in [0.4, 0.5) is 5.69 Å². The van der Waals surface area contributed by atoms with Gasteiger partial charge in [-0.25, -0.2) is 0 Å². The van der Waals surface area contributed by atoms with Crippen molar-refractivity contribution in [3.63, 3.8) is 0 Å². The Balaban J connectivity index is 1.56. The summed E-state index contributed by atoms with van der Waals surface area (Å²) in [5.41, 5.74) is 4.63. The van der Waals surface area contributed by atoms with Gasteiger partial charge in [0.05, 0.1) is 5.69 Å². The second-order valence-corrected chi connectivity index (χ2v) is 7.19. The zero-order chi connectivity index (χ0) is 18.7. The summed E-state index contributed by atoms with van der Waals surface area (Å²) < 4.78 is 1.92. The van der Waals surface area contributed by atoms with Gasteiger partial charge >= 0.3 is 0 Å². The molecule has 6 nitrogen and oxygen atoms in total. The van der Waals surface area contributed by atoms with Crippen LogP contribution >= 0.6 is 11.6 Å². The third-order valence-corrected chi connectivity index (χ3v) is 5.25. The lowest BCUT2D eigenvalue weighted by molar-refractivity contribution is 0.648. The number of rotatable bonds is 4. The normalized spacial score (nSPS) is 17.7. The molecule has 0 saturated carbocycles. The fourth-order valence-corrected chi connectivity index (χ4v) is 3.60. The fourth-order valence-electron chi connectivity index (χ4n) is 3.42. The van der Waals surface area contributed by atoms with E-state index in [9.17, 15) is 0 Å². The van der Waals surface area contributed by atoms with Crippen LogP contribution in [0.15, 0.2) is 29.3 Å². The summed E-state index contributed by atoms with van der Waals surface area (Å²) in [7, 11) is 3.78. The highest BCUT2D eigenvalue weighted by Crippen LogP contribution is 2.23. The molecule has 1 fully saturated rings. The first-order chi connectivity index (χ1) is 12.5. The van der Waals surface area contributed by atoms with Crippen molar-refractivity contribution in [1.29, 1.82) is 0 Å². The maximum Gasteiger partial charge on any atom is 0.191 e. The number of nitrogens with zero attached hydrogens (tertiary/aromatic N) is 4. The van der Waals surface area contributed by atoms with E-state index in [1.807, 2.05) is 43.9 Å². The van der Waals surface area contributed by atoms with Crippen molar-refractivity contribution in [2.75, 3.05) is 25.0 Å². The molecule has 0 radical (unpaired) electrons. The van der Waals surface area contributed by atoms with Crippen LogP contribution < -0.4 is 15.5 Å². The molecule has 1 saturated heterocycles. The third-order valence-electron chi connectivity index (χ3n) is 5.02. The average Bonchev–Trinajstić information content (AvgIpc) is 3.17. The number of nitrogens with one attached hydrogen (secondary N) is 2. The summed E-state index contributed by atoms with van der Waals surface area (Å²) in [6, 6.07) is 8.39. The Bertz CT molecular complexity index is 797. The third kappa shape index (κ3) is 4.12. The summed E-state index contributed by atoms with van der Waals surface area (Å²) in [4.78, 5) is 6.73. The van der Waals surface area contributed by atoms with Crippen LogP contribution in [0.5, 0.6) is 0 Å². The molecule has 3 rings (SSSR count). The predicted molar refractivity (Wildman–Crippen MR) is 108 cm³/mol. The molecule has 0 amide bonds. The van der Waals surface area contributed by atoms with Crippen LogP contribution in [0.3, 0.4) is 0 Å². The number of aliphatic imine (C=N–C) groups is 1. The number of hydrogen-bond donors (Lipinski definition) is 2. The average molecular weight is 375 g/mol. The summed E-state index contributed by atoms with van der Waals surface area (Å²) >= 11 is 6.11. The zero-order valence-corrected chi connectivity index (χ0v) is 16.6. The Hall–Kier alpha value is -2.21. The number of aryl methyl sites for hydroxylation is 2. The minimum atomic E-state index is 0.358. The first-order valence-electron chi connectivity index (χ1n) is 8.94. The van der Waals surface area contributed by atoms with Crippen LogP contribution in [-0.2, 0) is 13.6 Å². The van der Waals surface area contributed by atoms with E-state index in [1.54, 1.807) is 0 Å². The number of hydrogen-bond acceptors (Lipinski definition) is 3. The van der Waals surface area contributed by atoms with Crippen LogP contribution in [0.25, 0.3) is 0 Å². The Morgan fingerprint density at radius 3 is 2.85 bits per heavy atom. The van der Waals surface area contributed by atoms with E-state index in [4.69, 9.17) is 11.6 Å². The molecule has 2 aromatic rings. The van der Waals surface area contributed by atoms with Gasteiger partial charge in [-0.3, -0.25) is 9.67 Å². The summed E-state index contributed by atoms with van der Waals surface area (Å²) in [5, 5.41) is 12.2. The first kappa shape index (κ1) is 18.6. The van der Waals surface area contributed by atoms with Crippen molar-refractivity contribution < 1.29 is 0 Å². The number of benzene rings is 1. The first-order valence-corrected chi connectivity index (χ1v) is 9.32. The van der Waals surface area contributed by atoms with Crippen molar-refractivity contribution in [3.05, 3.63) is 46.2 Å². The van der Waals surface area contributed by atoms with E-state index in [2.05, 4.69) is 38.6 Å². The highest BCUT2D eigenvalue weighted by molar-refractivity contribution is 6.30. The molecule has 140 valence electrons. The summed E-state index contributed by atoms with van der Waals surface area (Å²) in [5.74, 6) is 0.825. The molecule has 1 aromatic heterocycles. The van der Waals surface area contributed by atoms with Gasteiger partial charge in [0.1, 0.15) is 0 Å². The lowest BCUT2D eigenvalue weighted by Gasteiger charge is -2.20. The van der Waals surface area contributed by atoms with Crippen LogP contribution in [0, 0.1) is 13.8 Å². The molecule has 1 unspecified atom stereocenters. The molecule has 1 aliphatic rings. The van der Waals surface area contributed by atoms with E-state index in [0.29, 0.717) is 6.04 Å². The van der Waals surface area contributed by atoms with E-state index in [-0.39, 0.29) is 0 Å². The number of halogens is 1. The van der Waals surface area contributed by atoms with Crippen LogP contribution in [0.2, 0.25) is 5.02 Å². The molecule has 2 N–H and O–H groups in total. The van der Waals surface area contributed by atoms with E-state index in [1.165, 1.54) is 16.9 Å². The molecule has 1 atom stereocenters. The van der Waals surface area contributed by atoms with Gasteiger partial charge in [0, 0.05) is 61.7 Å². The van der Waals surface area contributed by atoms with Gasteiger partial charge < -0.3 is 15.5 Å². The Morgan fingerprint density at radius 1 is 1.38 bits per heavy atom. The lowest BCUT2D eigenvalue weighted by Crippen LogP contribution is -2.44. The molecule has 1 aromatic carbocycles. The van der Waals surface area contributed by atoms with Gasteiger partial charge in [0.2, 0.25) is 0 Å². The van der Waals surface area contributed by atoms with Crippen molar-refractivity contribution >= 4 is 23.2 Å². The SMILES string of the molecule is CN=C(NCc1c(C)nn(C)c1C)NC1CCN(c2cccc(Cl)c2)C1. The highest BCUT2D eigenvalue weighted by atomic mass is 35.5. The number of aromatic nitrogens is 2. The molecule has 26 heavy (non-hydrogen) atoms. The Labute approximate surface area is 160 Å². The van der Waals surface area contributed by atoms with Gasteiger partial charge in [-0.2, -0.15) is 5.10 Å². The smallest absolute Gasteiger partial charge is 0.191 e. The van der Waals surface area contributed by atoms with Gasteiger partial charge in [-0.15, -0.1) is 0 Å².